The van der Waals surface area contributed by atoms with E-state index in [0.717, 1.165) is 25.3 Å². The summed E-state index contributed by atoms with van der Waals surface area (Å²) in [4.78, 5) is 2.35. The number of likely N-dealkylation sites (tertiary alicyclic amines) is 1. The molecule has 0 aliphatic carbocycles. The van der Waals surface area contributed by atoms with Crippen molar-refractivity contribution in [1.29, 1.82) is 0 Å². The third kappa shape index (κ3) is 3.37. The Morgan fingerprint density at radius 2 is 2.29 bits per heavy atom. The summed E-state index contributed by atoms with van der Waals surface area (Å²) < 4.78 is 5.49. The van der Waals surface area contributed by atoms with Crippen LogP contribution in [0.5, 0.6) is 0 Å². The molecule has 0 amide bonds. The summed E-state index contributed by atoms with van der Waals surface area (Å²) in [6.45, 7) is 5.11. The molecule has 1 fully saturated rings. The molecule has 17 heavy (non-hydrogen) atoms. The lowest BCUT2D eigenvalue weighted by Crippen LogP contribution is -2.43. The average Bonchev–Trinajstić information content (AvgIpc) is 2.34. The predicted molar refractivity (Wildman–Crippen MR) is 66.9 cm³/mol. The molecule has 0 radical (unpaired) electrons. The van der Waals surface area contributed by atoms with Gasteiger partial charge in [-0.05, 0) is 31.0 Å². The van der Waals surface area contributed by atoms with Crippen molar-refractivity contribution in [3.05, 3.63) is 23.0 Å². The van der Waals surface area contributed by atoms with Crippen molar-refractivity contribution in [2.45, 2.75) is 26.0 Å². The second-order valence-electron chi connectivity index (χ2n) is 4.62. The average molecular weight is 256 g/mol. The highest BCUT2D eigenvalue weighted by molar-refractivity contribution is 6.29. The zero-order chi connectivity index (χ0) is 12.3. The van der Waals surface area contributed by atoms with Gasteiger partial charge in [0.25, 0.3) is 0 Å². The molecular formula is C12H18ClN3O. The molecule has 2 atom stereocenters. The Hall–Kier alpha value is -0.710. The number of piperidine rings is 1. The first-order valence-electron chi connectivity index (χ1n) is 5.92. The Morgan fingerprint density at radius 1 is 1.47 bits per heavy atom. The highest BCUT2D eigenvalue weighted by atomic mass is 35.5. The molecule has 2 rings (SSSR count). The number of rotatable bonds is 3. The van der Waals surface area contributed by atoms with Crippen molar-refractivity contribution in [1.82, 2.24) is 15.1 Å². The van der Waals surface area contributed by atoms with Crippen molar-refractivity contribution >= 4 is 11.6 Å². The Bertz CT molecular complexity index is 357. The van der Waals surface area contributed by atoms with Crippen molar-refractivity contribution in [3.63, 3.8) is 0 Å². The number of hydrogen-bond donors (Lipinski definition) is 0. The Kier molecular flexibility index (Phi) is 4.31. The lowest BCUT2D eigenvalue weighted by atomic mass is 9.96. The van der Waals surface area contributed by atoms with E-state index in [1.54, 1.807) is 13.2 Å². The maximum absolute atomic E-state index is 5.71. The minimum absolute atomic E-state index is 0.323. The summed E-state index contributed by atoms with van der Waals surface area (Å²) >= 11 is 5.71. The quantitative estimate of drug-likeness (QED) is 0.828. The van der Waals surface area contributed by atoms with E-state index in [0.29, 0.717) is 17.2 Å². The van der Waals surface area contributed by atoms with Crippen LogP contribution in [0.2, 0.25) is 5.15 Å². The Morgan fingerprint density at radius 3 is 2.94 bits per heavy atom. The molecule has 5 heteroatoms. The fourth-order valence-corrected chi connectivity index (χ4v) is 2.31. The maximum Gasteiger partial charge on any atom is 0.151 e. The highest BCUT2D eigenvalue weighted by Gasteiger charge is 2.26. The van der Waals surface area contributed by atoms with Crippen LogP contribution in [-0.4, -0.2) is 41.4 Å². The number of hydrogen-bond acceptors (Lipinski definition) is 4. The molecule has 1 aliphatic rings. The molecular weight excluding hydrogens is 238 g/mol. The highest BCUT2D eigenvalue weighted by Crippen LogP contribution is 2.20. The lowest BCUT2D eigenvalue weighted by Gasteiger charge is -2.35. The van der Waals surface area contributed by atoms with Crippen LogP contribution >= 0.6 is 11.6 Å². The predicted octanol–water partition coefficient (Wildman–Crippen LogP) is 1.99. The molecule has 4 nitrogen and oxygen atoms in total. The van der Waals surface area contributed by atoms with E-state index in [-0.39, 0.29) is 0 Å². The summed E-state index contributed by atoms with van der Waals surface area (Å²) in [7, 11) is 1.78. The Labute approximate surface area is 107 Å². The molecule has 0 saturated carbocycles. The van der Waals surface area contributed by atoms with E-state index in [9.17, 15) is 0 Å². The van der Waals surface area contributed by atoms with Crippen LogP contribution < -0.4 is 0 Å². The number of ether oxygens (including phenoxy) is 1. The van der Waals surface area contributed by atoms with Gasteiger partial charge in [0.15, 0.2) is 5.15 Å². The van der Waals surface area contributed by atoms with E-state index in [2.05, 4.69) is 22.0 Å². The fourth-order valence-electron chi connectivity index (χ4n) is 2.21. The number of methoxy groups -OCH3 is 1. The zero-order valence-corrected chi connectivity index (χ0v) is 11.0. The molecule has 0 N–H and O–H groups in total. The van der Waals surface area contributed by atoms with Crippen LogP contribution in [0.25, 0.3) is 0 Å². The van der Waals surface area contributed by atoms with Gasteiger partial charge in [0, 0.05) is 20.2 Å². The van der Waals surface area contributed by atoms with Gasteiger partial charge in [-0.2, -0.15) is 5.10 Å². The smallest absolute Gasteiger partial charge is 0.151 e. The SMILES string of the molecule is COC1CN(Cc2ccc(Cl)nn2)CCC1C. The van der Waals surface area contributed by atoms with E-state index in [1.807, 2.05) is 6.07 Å². The van der Waals surface area contributed by atoms with Gasteiger partial charge in [0.05, 0.1) is 11.8 Å². The summed E-state index contributed by atoms with van der Waals surface area (Å²) in [5.41, 5.74) is 0.957. The number of halogens is 1. The summed E-state index contributed by atoms with van der Waals surface area (Å²) in [6, 6.07) is 3.71. The van der Waals surface area contributed by atoms with Crippen LogP contribution in [0.3, 0.4) is 0 Å². The minimum Gasteiger partial charge on any atom is -0.380 e. The van der Waals surface area contributed by atoms with E-state index in [1.165, 1.54) is 6.42 Å². The van der Waals surface area contributed by atoms with Gasteiger partial charge >= 0.3 is 0 Å². The topological polar surface area (TPSA) is 38.2 Å². The zero-order valence-electron chi connectivity index (χ0n) is 10.3. The van der Waals surface area contributed by atoms with Crippen molar-refractivity contribution in [3.8, 4) is 0 Å². The first-order valence-corrected chi connectivity index (χ1v) is 6.30. The van der Waals surface area contributed by atoms with Gasteiger partial charge in [-0.25, -0.2) is 0 Å². The van der Waals surface area contributed by atoms with Crippen LogP contribution in [0, 0.1) is 5.92 Å². The van der Waals surface area contributed by atoms with Crippen LogP contribution in [0.4, 0.5) is 0 Å². The van der Waals surface area contributed by atoms with Crippen LogP contribution in [0.1, 0.15) is 19.0 Å². The van der Waals surface area contributed by atoms with Gasteiger partial charge in [-0.15, -0.1) is 5.10 Å². The number of aromatic nitrogens is 2. The second-order valence-corrected chi connectivity index (χ2v) is 5.01. The third-order valence-electron chi connectivity index (χ3n) is 3.35. The monoisotopic (exact) mass is 255 g/mol. The second kappa shape index (κ2) is 5.76. The minimum atomic E-state index is 0.323. The van der Waals surface area contributed by atoms with E-state index in [4.69, 9.17) is 16.3 Å². The van der Waals surface area contributed by atoms with Crippen molar-refractivity contribution in [2.75, 3.05) is 20.2 Å². The molecule has 2 heterocycles. The molecule has 94 valence electrons. The molecule has 0 aromatic carbocycles. The first kappa shape index (κ1) is 12.7. The largest absolute Gasteiger partial charge is 0.380 e. The molecule has 2 unspecified atom stereocenters. The summed E-state index contributed by atoms with van der Waals surface area (Å²) in [5.74, 6) is 0.632. The number of nitrogens with zero attached hydrogens (tertiary/aromatic N) is 3. The molecule has 1 saturated heterocycles. The van der Waals surface area contributed by atoms with Gasteiger partial charge < -0.3 is 4.74 Å². The molecule has 0 bridgehead atoms. The normalized spacial score (nSPS) is 26.1. The van der Waals surface area contributed by atoms with E-state index >= 15 is 0 Å². The fraction of sp³-hybridized carbons (Fsp3) is 0.667. The Balaban J connectivity index is 1.93. The summed E-state index contributed by atoms with van der Waals surface area (Å²) in [5, 5.41) is 8.37. The van der Waals surface area contributed by atoms with E-state index < -0.39 is 0 Å². The third-order valence-corrected chi connectivity index (χ3v) is 3.55. The lowest BCUT2D eigenvalue weighted by molar-refractivity contribution is -0.00785. The summed E-state index contributed by atoms with van der Waals surface area (Å²) in [6.07, 6.45) is 1.49. The first-order chi connectivity index (χ1) is 8.19. The van der Waals surface area contributed by atoms with Gasteiger partial charge in [-0.3, -0.25) is 4.90 Å². The molecule has 0 spiro atoms. The standard InChI is InChI=1S/C12H18ClN3O/c1-9-5-6-16(8-11(9)17-2)7-10-3-4-12(13)15-14-10/h3-4,9,11H,5-8H2,1-2H3. The van der Waals surface area contributed by atoms with Crippen LogP contribution in [-0.2, 0) is 11.3 Å². The van der Waals surface area contributed by atoms with Gasteiger partial charge in [0.2, 0.25) is 0 Å². The molecule has 1 aliphatic heterocycles. The van der Waals surface area contributed by atoms with Crippen molar-refractivity contribution in [2.24, 2.45) is 5.92 Å². The van der Waals surface area contributed by atoms with Gasteiger partial charge in [-0.1, -0.05) is 18.5 Å². The molecule has 1 aromatic heterocycles. The molecule has 1 aromatic rings. The van der Waals surface area contributed by atoms with Crippen LogP contribution in [0.15, 0.2) is 12.1 Å². The maximum atomic E-state index is 5.71. The van der Waals surface area contributed by atoms with Crippen molar-refractivity contribution < 1.29 is 4.74 Å². The van der Waals surface area contributed by atoms with Gasteiger partial charge in [0.1, 0.15) is 0 Å².